The monoisotopic (exact) mass is 524 g/mol. The number of nitrogens with one attached hydrogen (secondary N) is 1. The highest BCUT2D eigenvalue weighted by Crippen LogP contribution is 2.31. The molecule has 1 saturated heterocycles. The maximum absolute atomic E-state index is 15.0. The third-order valence-electron chi connectivity index (χ3n) is 5.18. The highest BCUT2D eigenvalue weighted by Gasteiger charge is 2.36. The molecule has 4 rings (SSSR count). The molecule has 1 fully saturated rings. The second-order valence-electron chi connectivity index (χ2n) is 8.02. The Morgan fingerprint density at radius 2 is 2.15 bits per heavy atom. The maximum atomic E-state index is 15.0. The molecule has 0 spiro atoms. The Balaban J connectivity index is 1.47. The number of hydrogen-bond donors (Lipinski definition) is 1. The van der Waals surface area contributed by atoms with Gasteiger partial charge in [-0.15, -0.1) is 11.3 Å². The zero-order valence-electron chi connectivity index (χ0n) is 18.4. The van der Waals surface area contributed by atoms with Crippen molar-refractivity contribution in [1.82, 2.24) is 14.8 Å². The van der Waals surface area contributed by atoms with Gasteiger partial charge in [0.1, 0.15) is 23.8 Å². The van der Waals surface area contributed by atoms with Crippen LogP contribution in [-0.2, 0) is 21.4 Å². The number of carbonyl (C=O) groups is 1. The van der Waals surface area contributed by atoms with E-state index in [0.29, 0.717) is 32.6 Å². The average Bonchev–Trinajstić information content (AvgIpc) is 3.48. The highest BCUT2D eigenvalue weighted by molar-refractivity contribution is 7.92. The van der Waals surface area contributed by atoms with E-state index in [4.69, 9.17) is 16.1 Å². The summed E-state index contributed by atoms with van der Waals surface area (Å²) in [7, 11) is -0.107. The van der Waals surface area contributed by atoms with E-state index in [9.17, 15) is 13.2 Å². The van der Waals surface area contributed by atoms with Crippen LogP contribution >= 0.6 is 22.9 Å². The van der Waals surface area contributed by atoms with Crippen LogP contribution in [0.1, 0.15) is 17.0 Å². The molecule has 1 aliphatic rings. The second-order valence-corrected chi connectivity index (χ2v) is 11.4. The fraction of sp³-hybridized carbons (Fsp3) is 0.273. The third-order valence-corrected chi connectivity index (χ3v) is 7.48. The first-order valence-corrected chi connectivity index (χ1v) is 13.0. The number of nitrogens with zero attached hydrogens (tertiary/aromatic N) is 3. The van der Waals surface area contributed by atoms with Gasteiger partial charge < -0.3 is 14.3 Å². The first-order chi connectivity index (χ1) is 16.1. The average molecular weight is 525 g/mol. The summed E-state index contributed by atoms with van der Waals surface area (Å²) >= 11 is 7.08. The normalized spacial score (nSPS) is 16.9. The molecule has 1 atom stereocenters. The third kappa shape index (κ3) is 5.56. The number of aromatic nitrogens is 1. The van der Waals surface area contributed by atoms with Crippen molar-refractivity contribution < 1.29 is 22.1 Å². The molecule has 1 N–H and O–H groups in total. The number of hydrogen-bond acceptors (Lipinski definition) is 7. The van der Waals surface area contributed by atoms with E-state index in [2.05, 4.69) is 9.88 Å². The number of benzene rings is 1. The van der Waals surface area contributed by atoms with Crippen molar-refractivity contribution in [2.45, 2.75) is 19.0 Å². The van der Waals surface area contributed by atoms with Crippen LogP contribution in [-0.4, -0.2) is 51.1 Å². The van der Waals surface area contributed by atoms with Gasteiger partial charge in [0.25, 0.3) is 0 Å². The molecule has 12 heteroatoms. The molecule has 34 heavy (non-hydrogen) atoms. The van der Waals surface area contributed by atoms with Crippen LogP contribution in [0.3, 0.4) is 0 Å². The van der Waals surface area contributed by atoms with Gasteiger partial charge in [-0.2, -0.15) is 4.72 Å². The number of thiophene rings is 1. The molecule has 0 aliphatic carbocycles. The first kappa shape index (κ1) is 24.6. The van der Waals surface area contributed by atoms with E-state index in [-0.39, 0.29) is 18.7 Å². The second kappa shape index (κ2) is 9.96. The Labute approximate surface area is 205 Å². The lowest BCUT2D eigenvalue weighted by Crippen LogP contribution is -2.40. The first-order valence-electron chi connectivity index (χ1n) is 10.3. The molecular formula is C22H22ClFN4O4S2. The van der Waals surface area contributed by atoms with E-state index >= 15 is 4.39 Å². The van der Waals surface area contributed by atoms with Gasteiger partial charge in [0, 0.05) is 28.9 Å². The molecule has 2 aromatic heterocycles. The number of carbonyl (C=O) groups excluding carboxylic acids is 1. The molecular weight excluding hydrogens is 503 g/mol. The molecule has 1 amide bonds. The Hall–Kier alpha value is -2.57. The number of halogens is 2. The summed E-state index contributed by atoms with van der Waals surface area (Å²) < 4.78 is 47.8. The summed E-state index contributed by atoms with van der Waals surface area (Å²) in [5.41, 5.74) is 1.99. The minimum atomic E-state index is -3.88. The van der Waals surface area contributed by atoms with Gasteiger partial charge in [-0.1, -0.05) is 22.8 Å². The van der Waals surface area contributed by atoms with E-state index in [1.165, 1.54) is 40.7 Å². The van der Waals surface area contributed by atoms with Crippen LogP contribution in [0.2, 0.25) is 4.34 Å². The molecule has 0 saturated carbocycles. The number of sulfonamides is 1. The predicted molar refractivity (Wildman–Crippen MR) is 130 cm³/mol. The number of amides is 1. The van der Waals surface area contributed by atoms with Crippen LogP contribution in [0.4, 0.5) is 10.1 Å². The summed E-state index contributed by atoms with van der Waals surface area (Å²) in [6.07, 6.45) is 3.08. The molecule has 3 aromatic rings. The van der Waals surface area contributed by atoms with Crippen molar-refractivity contribution in [3.8, 4) is 11.1 Å². The fourth-order valence-corrected chi connectivity index (χ4v) is 5.71. The Bertz CT molecular complexity index is 1340. The van der Waals surface area contributed by atoms with E-state index in [1.807, 2.05) is 19.0 Å². The summed E-state index contributed by atoms with van der Waals surface area (Å²) in [6.45, 7) is 0.710. The largest absolute Gasteiger partial charge is 0.364 e. The topological polar surface area (TPSA) is 95.8 Å². The van der Waals surface area contributed by atoms with Crippen LogP contribution < -0.4 is 9.62 Å². The molecule has 180 valence electrons. The van der Waals surface area contributed by atoms with Gasteiger partial charge in [-0.3, -0.25) is 4.79 Å². The number of rotatable bonds is 8. The fourth-order valence-electron chi connectivity index (χ4n) is 3.64. The van der Waals surface area contributed by atoms with Crippen molar-refractivity contribution in [3.63, 3.8) is 0 Å². The Morgan fingerprint density at radius 3 is 2.82 bits per heavy atom. The van der Waals surface area contributed by atoms with E-state index in [0.717, 1.165) is 5.41 Å². The van der Waals surface area contributed by atoms with E-state index in [1.54, 1.807) is 18.2 Å². The molecule has 8 nitrogen and oxygen atoms in total. The van der Waals surface area contributed by atoms with Crippen LogP contribution in [0, 0.1) is 5.82 Å². The van der Waals surface area contributed by atoms with Crippen molar-refractivity contribution in [2.24, 2.45) is 0 Å². The van der Waals surface area contributed by atoms with Gasteiger partial charge in [-0.05, 0) is 56.4 Å². The quantitative estimate of drug-likeness (QED) is 0.479. The van der Waals surface area contributed by atoms with Crippen LogP contribution in [0.5, 0.6) is 0 Å². The van der Waals surface area contributed by atoms with Gasteiger partial charge in [0.05, 0.1) is 10.0 Å². The van der Waals surface area contributed by atoms with Crippen molar-refractivity contribution in [1.29, 1.82) is 0 Å². The Morgan fingerprint density at radius 1 is 1.35 bits per heavy atom. The predicted octanol–water partition coefficient (Wildman–Crippen LogP) is 3.95. The summed E-state index contributed by atoms with van der Waals surface area (Å²) in [4.78, 5) is 16.7. The van der Waals surface area contributed by atoms with Crippen LogP contribution in [0.25, 0.3) is 17.2 Å². The lowest BCUT2D eigenvalue weighted by Gasteiger charge is -2.18. The van der Waals surface area contributed by atoms with Crippen molar-refractivity contribution in [2.75, 3.05) is 25.5 Å². The molecule has 0 radical (unpaired) electrons. The van der Waals surface area contributed by atoms with Crippen molar-refractivity contribution in [3.05, 3.63) is 62.7 Å². The molecule has 1 unspecified atom stereocenters. The van der Waals surface area contributed by atoms with Crippen molar-refractivity contribution >= 4 is 50.6 Å². The standard InChI is InChI=1S/C22H22ClFN4O4S2/c1-27(2)12-19-16(13-32-25-19)14-3-5-20(17(24)11-14)28-9-7-18(22(28)29)26-34(30,31)10-8-15-4-6-21(23)33-15/h3-6,8,10-11,13,18,26H,7,9,12H2,1-2H3/b10-8+. The zero-order chi connectivity index (χ0) is 24.5. The molecule has 1 aliphatic heterocycles. The molecule has 0 bridgehead atoms. The lowest BCUT2D eigenvalue weighted by atomic mass is 10.1. The summed E-state index contributed by atoms with van der Waals surface area (Å²) in [5.74, 6) is -1.11. The Kier molecular flexibility index (Phi) is 7.20. The SMILES string of the molecule is CN(C)Cc1nocc1-c1ccc(N2CCC(NS(=O)(=O)/C=C/c3ccc(Cl)s3)C2=O)c(F)c1. The van der Waals surface area contributed by atoms with Gasteiger partial charge in [0.2, 0.25) is 15.9 Å². The maximum Gasteiger partial charge on any atom is 0.245 e. The minimum absolute atomic E-state index is 0.0878. The van der Waals surface area contributed by atoms with Gasteiger partial charge >= 0.3 is 0 Å². The highest BCUT2D eigenvalue weighted by atomic mass is 35.5. The molecule has 3 heterocycles. The van der Waals surface area contributed by atoms with Gasteiger partial charge in [0.15, 0.2) is 0 Å². The van der Waals surface area contributed by atoms with Crippen LogP contribution in [0.15, 0.2) is 46.5 Å². The molecule has 1 aromatic carbocycles. The lowest BCUT2D eigenvalue weighted by molar-refractivity contribution is -0.118. The summed E-state index contributed by atoms with van der Waals surface area (Å²) in [6, 6.07) is 6.88. The smallest absolute Gasteiger partial charge is 0.245 e. The minimum Gasteiger partial charge on any atom is -0.364 e. The summed E-state index contributed by atoms with van der Waals surface area (Å²) in [5, 5.41) is 4.96. The van der Waals surface area contributed by atoms with E-state index < -0.39 is 27.8 Å². The number of anilines is 1. The zero-order valence-corrected chi connectivity index (χ0v) is 20.8. The van der Waals surface area contributed by atoms with Gasteiger partial charge in [-0.25, -0.2) is 12.8 Å².